The summed E-state index contributed by atoms with van der Waals surface area (Å²) in [6, 6.07) is 4.89. The van der Waals surface area contributed by atoms with Crippen molar-refractivity contribution in [3.63, 3.8) is 0 Å². The Kier molecular flexibility index (Phi) is 8.43. The zero-order valence-corrected chi connectivity index (χ0v) is 15.1. The van der Waals surface area contributed by atoms with Crippen LogP contribution in [-0.4, -0.2) is 14.2 Å². The first-order chi connectivity index (χ1) is 11.7. The zero-order chi connectivity index (χ0) is 18.9. The summed E-state index contributed by atoms with van der Waals surface area (Å²) in [5, 5.41) is 8.85. The third kappa shape index (κ3) is 7.07. The van der Waals surface area contributed by atoms with Crippen LogP contribution in [0, 0.1) is 17.4 Å². The van der Waals surface area contributed by atoms with Crippen molar-refractivity contribution in [2.75, 3.05) is 5.75 Å². The van der Waals surface area contributed by atoms with E-state index < -0.39 is 27.1 Å². The van der Waals surface area contributed by atoms with Crippen molar-refractivity contribution >= 4 is 9.84 Å². The molecule has 0 aliphatic carbocycles. The van der Waals surface area contributed by atoms with Crippen LogP contribution in [0.2, 0.25) is 0 Å². The number of rotatable bonds is 10. The average molecular weight is 374 g/mol. The summed E-state index contributed by atoms with van der Waals surface area (Å²) in [5.41, 5.74) is -1.86. The quantitative estimate of drug-likeness (QED) is 0.523. The Bertz CT molecular complexity index is 691. The van der Waals surface area contributed by atoms with Gasteiger partial charge in [0.05, 0.1) is 27.8 Å². The van der Waals surface area contributed by atoms with Crippen LogP contribution >= 0.6 is 0 Å². The van der Waals surface area contributed by atoms with E-state index >= 15 is 0 Å². The minimum atomic E-state index is -4.71. The molecule has 3 nitrogen and oxygen atoms in total. The lowest BCUT2D eigenvalue weighted by Crippen LogP contribution is -2.11. The van der Waals surface area contributed by atoms with E-state index in [-0.39, 0.29) is 10.6 Å². The number of hydrogen-bond donors (Lipinski definition) is 0. The molecule has 1 aromatic rings. The molecule has 0 atom stereocenters. The lowest BCUT2D eigenvalue weighted by molar-refractivity contribution is -0.137. The Hall–Kier alpha value is -1.55. The standard InChI is InChI=1S/C18H23F3NO2S/c1-2-3-4-5-6-7-8-9-12-25(23,24)16-10-11-17(18(19,20)21)15(13-16)14-22/h11,13H,2-9,12H2,1H3. The Labute approximate surface area is 147 Å². The normalized spacial score (nSPS) is 12.1. The van der Waals surface area contributed by atoms with Gasteiger partial charge in [0.25, 0.3) is 0 Å². The maximum Gasteiger partial charge on any atom is 0.417 e. The van der Waals surface area contributed by atoms with E-state index in [1.807, 2.05) is 0 Å². The van der Waals surface area contributed by atoms with Crippen LogP contribution in [0.4, 0.5) is 13.2 Å². The van der Waals surface area contributed by atoms with Crippen molar-refractivity contribution < 1.29 is 21.6 Å². The van der Waals surface area contributed by atoms with E-state index in [1.165, 1.54) is 25.3 Å². The van der Waals surface area contributed by atoms with E-state index in [4.69, 9.17) is 5.26 Å². The Morgan fingerprint density at radius 2 is 1.64 bits per heavy atom. The molecule has 0 amide bonds. The summed E-state index contributed by atoms with van der Waals surface area (Å²) in [6.45, 7) is 2.14. The number of benzene rings is 1. The number of sulfone groups is 1. The van der Waals surface area contributed by atoms with Gasteiger partial charge in [-0.15, -0.1) is 0 Å². The van der Waals surface area contributed by atoms with Crippen molar-refractivity contribution in [2.45, 2.75) is 69.4 Å². The summed E-state index contributed by atoms with van der Waals surface area (Å²) < 4.78 is 62.7. The van der Waals surface area contributed by atoms with E-state index in [9.17, 15) is 21.6 Å². The van der Waals surface area contributed by atoms with Gasteiger partial charge in [0.1, 0.15) is 0 Å². The van der Waals surface area contributed by atoms with Crippen molar-refractivity contribution in [2.24, 2.45) is 0 Å². The van der Waals surface area contributed by atoms with Gasteiger partial charge in [-0.25, -0.2) is 8.42 Å². The molecule has 1 aromatic carbocycles. The van der Waals surface area contributed by atoms with Crippen LogP contribution in [0.1, 0.15) is 69.4 Å². The number of halogens is 3. The molecule has 0 heterocycles. The lowest BCUT2D eigenvalue weighted by atomic mass is 10.1. The van der Waals surface area contributed by atoms with Gasteiger partial charge in [-0.2, -0.15) is 18.4 Å². The summed E-state index contributed by atoms with van der Waals surface area (Å²) in [5.74, 6) is -0.144. The topological polar surface area (TPSA) is 57.9 Å². The maximum absolute atomic E-state index is 12.7. The number of unbranched alkanes of at least 4 members (excludes halogenated alkanes) is 7. The molecule has 0 aliphatic heterocycles. The smallest absolute Gasteiger partial charge is 0.224 e. The number of hydrogen-bond acceptors (Lipinski definition) is 3. The highest BCUT2D eigenvalue weighted by Crippen LogP contribution is 2.32. The fraction of sp³-hybridized carbons (Fsp3) is 0.611. The van der Waals surface area contributed by atoms with Crippen molar-refractivity contribution in [3.8, 4) is 6.07 Å². The van der Waals surface area contributed by atoms with Gasteiger partial charge < -0.3 is 0 Å². The molecule has 1 radical (unpaired) electrons. The second-order valence-corrected chi connectivity index (χ2v) is 8.11. The van der Waals surface area contributed by atoms with E-state index in [1.54, 1.807) is 0 Å². The average Bonchev–Trinajstić information content (AvgIpc) is 2.55. The number of nitrogens with zero attached hydrogens (tertiary/aromatic N) is 1. The predicted octanol–water partition coefficient (Wildman–Crippen LogP) is 5.29. The molecule has 0 unspecified atom stereocenters. The predicted molar refractivity (Wildman–Crippen MR) is 89.7 cm³/mol. The molecule has 1 rings (SSSR count). The van der Waals surface area contributed by atoms with Gasteiger partial charge in [-0.3, -0.25) is 0 Å². The van der Waals surface area contributed by atoms with Crippen molar-refractivity contribution in [1.82, 2.24) is 0 Å². The largest absolute Gasteiger partial charge is 0.417 e. The molecule has 0 N–H and O–H groups in total. The SMILES string of the molecule is CCCCCCCCCCS(=O)(=O)c1[c]cc(C(F)(F)F)c(C#N)c1. The third-order valence-corrected chi connectivity index (χ3v) is 5.68. The van der Waals surface area contributed by atoms with Gasteiger partial charge in [0.15, 0.2) is 9.84 Å². The van der Waals surface area contributed by atoms with Gasteiger partial charge in [0, 0.05) is 6.07 Å². The Balaban J connectivity index is 2.60. The van der Waals surface area contributed by atoms with Crippen LogP contribution < -0.4 is 0 Å². The second-order valence-electron chi connectivity index (χ2n) is 6.03. The van der Waals surface area contributed by atoms with E-state index in [0.717, 1.165) is 31.7 Å². The number of alkyl halides is 3. The molecular weight excluding hydrogens is 351 g/mol. The van der Waals surface area contributed by atoms with Crippen molar-refractivity contribution in [1.29, 1.82) is 5.26 Å². The number of nitriles is 1. The highest BCUT2D eigenvalue weighted by Gasteiger charge is 2.34. The molecule has 0 spiro atoms. The molecule has 7 heteroatoms. The molecule has 0 bridgehead atoms. The highest BCUT2D eigenvalue weighted by atomic mass is 32.2. The molecule has 0 fully saturated rings. The fourth-order valence-corrected chi connectivity index (χ4v) is 3.85. The maximum atomic E-state index is 12.7. The molecule has 0 saturated carbocycles. The first-order valence-electron chi connectivity index (χ1n) is 8.48. The van der Waals surface area contributed by atoms with Gasteiger partial charge in [-0.1, -0.05) is 51.9 Å². The van der Waals surface area contributed by atoms with Crippen LogP contribution in [0.5, 0.6) is 0 Å². The van der Waals surface area contributed by atoms with Crippen LogP contribution in [0.25, 0.3) is 0 Å². The summed E-state index contributed by atoms with van der Waals surface area (Å²) in [7, 11) is -3.73. The Morgan fingerprint density at radius 1 is 1.08 bits per heavy atom. The Morgan fingerprint density at radius 3 is 2.16 bits per heavy atom. The van der Waals surface area contributed by atoms with E-state index in [0.29, 0.717) is 12.5 Å². The van der Waals surface area contributed by atoms with Gasteiger partial charge in [-0.05, 0) is 18.6 Å². The van der Waals surface area contributed by atoms with Gasteiger partial charge >= 0.3 is 6.18 Å². The van der Waals surface area contributed by atoms with Crippen molar-refractivity contribution in [3.05, 3.63) is 29.3 Å². The second kappa shape index (κ2) is 9.81. The van der Waals surface area contributed by atoms with Crippen LogP contribution in [0.3, 0.4) is 0 Å². The summed E-state index contributed by atoms with van der Waals surface area (Å²) in [6.07, 6.45) is 3.22. The summed E-state index contributed by atoms with van der Waals surface area (Å²) >= 11 is 0. The van der Waals surface area contributed by atoms with Crippen LogP contribution in [-0.2, 0) is 16.0 Å². The minimum absolute atomic E-state index is 0.144. The van der Waals surface area contributed by atoms with Crippen LogP contribution in [0.15, 0.2) is 17.0 Å². The fourth-order valence-electron chi connectivity index (χ4n) is 2.51. The molecular formula is C18H23F3NO2S. The highest BCUT2D eigenvalue weighted by molar-refractivity contribution is 7.91. The molecule has 0 aromatic heterocycles. The first kappa shape index (κ1) is 21.5. The molecule has 25 heavy (non-hydrogen) atoms. The minimum Gasteiger partial charge on any atom is -0.224 e. The lowest BCUT2D eigenvalue weighted by Gasteiger charge is -2.10. The first-order valence-corrected chi connectivity index (χ1v) is 10.1. The molecule has 139 valence electrons. The van der Waals surface area contributed by atoms with Gasteiger partial charge in [0.2, 0.25) is 0 Å². The van der Waals surface area contributed by atoms with E-state index in [2.05, 4.69) is 13.0 Å². The zero-order valence-electron chi connectivity index (χ0n) is 14.3. The molecule has 0 aliphatic rings. The molecule has 0 saturated heterocycles. The third-order valence-electron chi connectivity index (χ3n) is 3.95. The monoisotopic (exact) mass is 374 g/mol. The summed E-state index contributed by atoms with van der Waals surface area (Å²) in [4.78, 5) is -0.347.